The zero-order valence-corrected chi connectivity index (χ0v) is 7.12. The number of hydrogen-bond donors (Lipinski definition) is 2. The van der Waals surface area contributed by atoms with Crippen molar-refractivity contribution in [2.24, 2.45) is 17.8 Å². The Bertz CT molecular complexity index is 193. The first kappa shape index (κ1) is 8.05. The predicted molar refractivity (Wildman–Crippen MR) is 44.8 cm³/mol. The van der Waals surface area contributed by atoms with E-state index in [1.165, 1.54) is 6.42 Å². The number of aliphatic carboxylic acids is 1. The van der Waals surface area contributed by atoms with Crippen molar-refractivity contribution < 1.29 is 9.90 Å². The Morgan fingerprint density at radius 2 is 2.17 bits per heavy atom. The summed E-state index contributed by atoms with van der Waals surface area (Å²) in [6.07, 6.45) is 3.20. The maximum absolute atomic E-state index is 10.8. The Morgan fingerprint density at radius 3 is 2.92 bits per heavy atom. The predicted octanol–water partition coefficient (Wildman–Crippen LogP) is 0.707. The number of rotatable bonds is 1. The molecular weight excluding hydrogens is 154 g/mol. The van der Waals surface area contributed by atoms with E-state index in [0.29, 0.717) is 11.8 Å². The van der Waals surface area contributed by atoms with Crippen LogP contribution in [-0.4, -0.2) is 24.2 Å². The van der Waals surface area contributed by atoms with Gasteiger partial charge >= 0.3 is 5.97 Å². The van der Waals surface area contributed by atoms with Gasteiger partial charge in [-0.2, -0.15) is 0 Å². The standard InChI is InChI=1S/C9H15NO2/c11-9(12)7-2-1-6-3-4-10-5-8(6)7/h6-8,10H,1-5H2,(H,11,12)/t6-,7+,8+/m0/s1. The lowest BCUT2D eigenvalue weighted by Crippen LogP contribution is -2.38. The Labute approximate surface area is 72.2 Å². The van der Waals surface area contributed by atoms with Gasteiger partial charge in [0.25, 0.3) is 0 Å². The maximum Gasteiger partial charge on any atom is 0.306 e. The molecule has 1 aliphatic carbocycles. The second kappa shape index (κ2) is 3.05. The number of carboxylic acids is 1. The normalized spacial score (nSPS) is 40.8. The summed E-state index contributed by atoms with van der Waals surface area (Å²) in [5.74, 6) is 0.442. The molecule has 0 aromatic heterocycles. The van der Waals surface area contributed by atoms with E-state index in [4.69, 9.17) is 5.11 Å². The van der Waals surface area contributed by atoms with Gasteiger partial charge in [-0.3, -0.25) is 4.79 Å². The highest BCUT2D eigenvalue weighted by Crippen LogP contribution is 2.40. The van der Waals surface area contributed by atoms with Crippen LogP contribution in [0.15, 0.2) is 0 Å². The van der Waals surface area contributed by atoms with E-state index in [9.17, 15) is 4.79 Å². The fourth-order valence-electron chi connectivity index (χ4n) is 2.68. The molecule has 1 aliphatic heterocycles. The monoisotopic (exact) mass is 169 g/mol. The van der Waals surface area contributed by atoms with Gasteiger partial charge < -0.3 is 10.4 Å². The lowest BCUT2D eigenvalue weighted by molar-refractivity contribution is -0.143. The van der Waals surface area contributed by atoms with Crippen LogP contribution in [0.25, 0.3) is 0 Å². The summed E-state index contributed by atoms with van der Waals surface area (Å²) in [6.45, 7) is 2.00. The average Bonchev–Trinajstić information content (AvgIpc) is 2.47. The molecule has 2 rings (SSSR count). The molecule has 3 heteroatoms. The van der Waals surface area contributed by atoms with Crippen LogP contribution in [0, 0.1) is 17.8 Å². The summed E-state index contributed by atoms with van der Waals surface area (Å²) in [6, 6.07) is 0. The van der Waals surface area contributed by atoms with Crippen LogP contribution in [0.5, 0.6) is 0 Å². The van der Waals surface area contributed by atoms with E-state index in [-0.39, 0.29) is 5.92 Å². The fourth-order valence-corrected chi connectivity index (χ4v) is 2.68. The molecule has 1 heterocycles. The number of carboxylic acid groups (broad SMARTS) is 1. The van der Waals surface area contributed by atoms with Crippen LogP contribution in [0.4, 0.5) is 0 Å². The van der Waals surface area contributed by atoms with E-state index >= 15 is 0 Å². The Hall–Kier alpha value is -0.570. The summed E-state index contributed by atoms with van der Waals surface area (Å²) in [5, 5.41) is 12.2. The van der Waals surface area contributed by atoms with E-state index in [1.54, 1.807) is 0 Å². The second-order valence-electron chi connectivity index (χ2n) is 3.94. The van der Waals surface area contributed by atoms with Crippen molar-refractivity contribution in [2.75, 3.05) is 13.1 Å². The first-order valence-corrected chi connectivity index (χ1v) is 4.72. The molecule has 3 nitrogen and oxygen atoms in total. The Kier molecular flexibility index (Phi) is 2.05. The molecular formula is C9H15NO2. The van der Waals surface area contributed by atoms with Crippen molar-refractivity contribution in [1.29, 1.82) is 0 Å². The van der Waals surface area contributed by atoms with Gasteiger partial charge in [0.15, 0.2) is 0 Å². The van der Waals surface area contributed by atoms with Crippen molar-refractivity contribution in [3.8, 4) is 0 Å². The quantitative estimate of drug-likeness (QED) is 0.607. The summed E-state index contributed by atoms with van der Waals surface area (Å²) in [4.78, 5) is 10.8. The molecule has 0 amide bonds. The lowest BCUT2D eigenvalue weighted by Gasteiger charge is -2.28. The van der Waals surface area contributed by atoms with Gasteiger partial charge in [-0.15, -0.1) is 0 Å². The third-order valence-corrected chi connectivity index (χ3v) is 3.36. The molecule has 1 saturated heterocycles. The largest absolute Gasteiger partial charge is 0.481 e. The van der Waals surface area contributed by atoms with Gasteiger partial charge in [0, 0.05) is 0 Å². The smallest absolute Gasteiger partial charge is 0.306 e. The van der Waals surface area contributed by atoms with Gasteiger partial charge in [-0.05, 0) is 44.2 Å². The molecule has 2 fully saturated rings. The summed E-state index contributed by atoms with van der Waals surface area (Å²) in [7, 11) is 0. The van der Waals surface area contributed by atoms with E-state index in [2.05, 4.69) is 5.32 Å². The van der Waals surface area contributed by atoms with Gasteiger partial charge in [-0.25, -0.2) is 0 Å². The Balaban J connectivity index is 2.05. The number of carbonyl (C=O) groups is 1. The zero-order valence-electron chi connectivity index (χ0n) is 7.12. The molecule has 2 aliphatic rings. The van der Waals surface area contributed by atoms with Gasteiger partial charge in [0.05, 0.1) is 5.92 Å². The lowest BCUT2D eigenvalue weighted by atomic mass is 9.85. The van der Waals surface area contributed by atoms with Gasteiger partial charge in [0.1, 0.15) is 0 Å². The van der Waals surface area contributed by atoms with E-state index in [1.807, 2.05) is 0 Å². The summed E-state index contributed by atoms with van der Waals surface area (Å²) in [5.41, 5.74) is 0. The number of piperidine rings is 1. The number of nitrogens with one attached hydrogen (secondary N) is 1. The highest BCUT2D eigenvalue weighted by molar-refractivity contribution is 5.70. The van der Waals surface area contributed by atoms with E-state index in [0.717, 1.165) is 25.9 Å². The van der Waals surface area contributed by atoms with Crippen LogP contribution in [0.2, 0.25) is 0 Å². The van der Waals surface area contributed by atoms with Crippen molar-refractivity contribution in [1.82, 2.24) is 5.32 Å². The van der Waals surface area contributed by atoms with Crippen LogP contribution >= 0.6 is 0 Å². The second-order valence-corrected chi connectivity index (χ2v) is 3.94. The zero-order chi connectivity index (χ0) is 8.55. The average molecular weight is 169 g/mol. The highest BCUT2D eigenvalue weighted by atomic mass is 16.4. The molecule has 1 saturated carbocycles. The number of hydrogen-bond acceptors (Lipinski definition) is 2. The van der Waals surface area contributed by atoms with E-state index < -0.39 is 5.97 Å². The molecule has 12 heavy (non-hydrogen) atoms. The molecule has 0 aromatic rings. The molecule has 0 aromatic carbocycles. The van der Waals surface area contributed by atoms with Crippen molar-refractivity contribution >= 4 is 5.97 Å². The minimum Gasteiger partial charge on any atom is -0.481 e. The Morgan fingerprint density at radius 1 is 1.33 bits per heavy atom. The maximum atomic E-state index is 10.8. The van der Waals surface area contributed by atoms with Gasteiger partial charge in [-0.1, -0.05) is 0 Å². The fraction of sp³-hybridized carbons (Fsp3) is 0.889. The number of fused-ring (bicyclic) bond motifs is 1. The van der Waals surface area contributed by atoms with Crippen molar-refractivity contribution in [3.63, 3.8) is 0 Å². The molecule has 0 unspecified atom stereocenters. The first-order chi connectivity index (χ1) is 5.79. The minimum absolute atomic E-state index is 0.0669. The van der Waals surface area contributed by atoms with Crippen molar-refractivity contribution in [2.45, 2.75) is 19.3 Å². The first-order valence-electron chi connectivity index (χ1n) is 4.72. The SMILES string of the molecule is O=C(O)[C@@H]1CC[C@H]2CCNC[C@H]21. The highest BCUT2D eigenvalue weighted by Gasteiger charge is 2.40. The topological polar surface area (TPSA) is 49.3 Å². The van der Waals surface area contributed by atoms with Crippen LogP contribution in [-0.2, 0) is 4.79 Å². The minimum atomic E-state index is -0.591. The van der Waals surface area contributed by atoms with Crippen LogP contribution in [0.3, 0.4) is 0 Å². The molecule has 0 radical (unpaired) electrons. The molecule has 2 N–H and O–H groups in total. The van der Waals surface area contributed by atoms with Crippen LogP contribution in [0.1, 0.15) is 19.3 Å². The third kappa shape index (κ3) is 1.22. The molecule has 68 valence electrons. The van der Waals surface area contributed by atoms with Crippen molar-refractivity contribution in [3.05, 3.63) is 0 Å². The summed E-state index contributed by atoms with van der Waals surface area (Å²) >= 11 is 0. The third-order valence-electron chi connectivity index (χ3n) is 3.36. The van der Waals surface area contributed by atoms with Gasteiger partial charge in [0.2, 0.25) is 0 Å². The molecule has 3 atom stereocenters. The molecule has 0 spiro atoms. The molecule has 0 bridgehead atoms. The summed E-state index contributed by atoms with van der Waals surface area (Å²) < 4.78 is 0. The van der Waals surface area contributed by atoms with Crippen LogP contribution < -0.4 is 5.32 Å².